The first-order valence-corrected chi connectivity index (χ1v) is 11.2. The average Bonchev–Trinajstić information content (AvgIpc) is 2.88. The molecule has 4 rings (SSSR count). The van der Waals surface area contributed by atoms with Gasteiger partial charge < -0.3 is 5.32 Å². The predicted octanol–water partition coefficient (Wildman–Crippen LogP) is 7.08. The summed E-state index contributed by atoms with van der Waals surface area (Å²) in [6.45, 7) is 1.87. The second kappa shape index (κ2) is 10.9. The van der Waals surface area contributed by atoms with Crippen molar-refractivity contribution < 1.29 is 4.79 Å². The van der Waals surface area contributed by atoms with Crippen molar-refractivity contribution in [3.05, 3.63) is 156 Å². The van der Waals surface area contributed by atoms with Gasteiger partial charge in [-0.15, -0.1) is 0 Å². The normalized spacial score (nSPS) is 11.9. The Morgan fingerprint density at radius 3 is 1.52 bits per heavy atom. The standard InChI is InChI=1S/C31H27NO/c1-2-15-28(33)29(24-16-7-3-8-17-24)31(27-22-13-6-14-23-27)32-30(25-18-9-4-10-19-25)26-20-11-5-12-21-26/h2-23,30,32H,1H3/b15-2+,31-29-. The monoisotopic (exact) mass is 429 g/mol. The molecular formula is C31H27NO. The van der Waals surface area contributed by atoms with Gasteiger partial charge in [-0.3, -0.25) is 4.79 Å². The Kier molecular flexibility index (Phi) is 7.29. The molecular weight excluding hydrogens is 402 g/mol. The van der Waals surface area contributed by atoms with E-state index in [1.807, 2.05) is 104 Å². The highest BCUT2D eigenvalue weighted by atomic mass is 16.1. The number of nitrogens with one attached hydrogen (secondary N) is 1. The first kappa shape index (κ1) is 22.0. The van der Waals surface area contributed by atoms with Gasteiger partial charge in [0.15, 0.2) is 5.78 Å². The molecule has 0 saturated carbocycles. The van der Waals surface area contributed by atoms with Crippen LogP contribution in [0.25, 0.3) is 11.3 Å². The van der Waals surface area contributed by atoms with Crippen LogP contribution in [0.3, 0.4) is 0 Å². The van der Waals surface area contributed by atoms with E-state index in [9.17, 15) is 4.79 Å². The zero-order chi connectivity index (χ0) is 22.9. The van der Waals surface area contributed by atoms with Gasteiger partial charge in [0.25, 0.3) is 0 Å². The molecule has 0 spiro atoms. The Labute approximate surface area is 195 Å². The molecule has 1 N–H and O–H groups in total. The molecule has 0 aliphatic carbocycles. The first-order chi connectivity index (χ1) is 16.3. The second-order valence-electron chi connectivity index (χ2n) is 7.75. The van der Waals surface area contributed by atoms with Gasteiger partial charge in [-0.05, 0) is 35.3 Å². The Balaban J connectivity index is 1.95. The average molecular weight is 430 g/mol. The predicted molar refractivity (Wildman–Crippen MR) is 137 cm³/mol. The van der Waals surface area contributed by atoms with Gasteiger partial charge in [0, 0.05) is 0 Å². The van der Waals surface area contributed by atoms with E-state index in [1.54, 1.807) is 12.2 Å². The minimum absolute atomic E-state index is 0.0325. The van der Waals surface area contributed by atoms with Crippen LogP contribution < -0.4 is 5.32 Å². The molecule has 0 atom stereocenters. The van der Waals surface area contributed by atoms with E-state index >= 15 is 0 Å². The van der Waals surface area contributed by atoms with E-state index < -0.39 is 0 Å². The van der Waals surface area contributed by atoms with Gasteiger partial charge in [-0.1, -0.05) is 127 Å². The summed E-state index contributed by atoms with van der Waals surface area (Å²) >= 11 is 0. The van der Waals surface area contributed by atoms with E-state index in [4.69, 9.17) is 0 Å². The van der Waals surface area contributed by atoms with Crippen LogP contribution in [-0.4, -0.2) is 5.78 Å². The molecule has 162 valence electrons. The largest absolute Gasteiger partial charge is 0.373 e. The summed E-state index contributed by atoms with van der Waals surface area (Å²) in [5, 5.41) is 3.77. The number of carbonyl (C=O) groups excluding carboxylic acids is 1. The van der Waals surface area contributed by atoms with E-state index in [-0.39, 0.29) is 11.8 Å². The lowest BCUT2D eigenvalue weighted by Gasteiger charge is -2.25. The molecule has 0 saturated heterocycles. The van der Waals surface area contributed by atoms with Crippen molar-refractivity contribution in [2.45, 2.75) is 13.0 Å². The van der Waals surface area contributed by atoms with Gasteiger partial charge in [0.1, 0.15) is 0 Å². The summed E-state index contributed by atoms with van der Waals surface area (Å²) in [4.78, 5) is 13.4. The molecule has 0 aromatic heterocycles. The molecule has 0 radical (unpaired) electrons. The highest BCUT2D eigenvalue weighted by Crippen LogP contribution is 2.31. The third-order valence-corrected chi connectivity index (χ3v) is 5.49. The lowest BCUT2D eigenvalue weighted by Crippen LogP contribution is -2.23. The summed E-state index contributed by atoms with van der Waals surface area (Å²) in [6.07, 6.45) is 3.42. The van der Waals surface area contributed by atoms with E-state index in [0.717, 1.165) is 28.0 Å². The summed E-state index contributed by atoms with van der Waals surface area (Å²) in [6, 6.07) is 40.5. The van der Waals surface area contributed by atoms with Gasteiger partial charge in [-0.2, -0.15) is 0 Å². The molecule has 0 aliphatic rings. The molecule has 4 aromatic rings. The fourth-order valence-electron chi connectivity index (χ4n) is 3.95. The SMILES string of the molecule is C/C=C/C(=O)/C(=C(\NC(c1ccccc1)c1ccccc1)c1ccccc1)c1ccccc1. The first-order valence-electron chi connectivity index (χ1n) is 11.2. The topological polar surface area (TPSA) is 29.1 Å². The van der Waals surface area contributed by atoms with Crippen LogP contribution >= 0.6 is 0 Å². The number of carbonyl (C=O) groups is 1. The molecule has 2 heteroatoms. The molecule has 0 fully saturated rings. The van der Waals surface area contributed by atoms with Crippen LogP contribution in [-0.2, 0) is 4.79 Å². The van der Waals surface area contributed by atoms with Crippen LogP contribution in [0.5, 0.6) is 0 Å². The Bertz CT molecular complexity index is 1190. The molecule has 0 bridgehead atoms. The van der Waals surface area contributed by atoms with Crippen LogP contribution in [0.1, 0.15) is 35.2 Å². The molecule has 0 amide bonds. The zero-order valence-corrected chi connectivity index (χ0v) is 18.7. The quantitative estimate of drug-likeness (QED) is 0.239. The number of hydrogen-bond donors (Lipinski definition) is 1. The molecule has 0 unspecified atom stereocenters. The lowest BCUT2D eigenvalue weighted by atomic mass is 9.93. The Morgan fingerprint density at radius 2 is 1.06 bits per heavy atom. The number of rotatable bonds is 8. The van der Waals surface area contributed by atoms with Crippen LogP contribution in [0.4, 0.5) is 0 Å². The maximum Gasteiger partial charge on any atom is 0.188 e. The number of allylic oxidation sites excluding steroid dienone is 3. The van der Waals surface area contributed by atoms with Crippen molar-refractivity contribution in [2.24, 2.45) is 0 Å². The minimum atomic E-state index is -0.125. The minimum Gasteiger partial charge on any atom is -0.373 e. The molecule has 0 heterocycles. The third-order valence-electron chi connectivity index (χ3n) is 5.49. The van der Waals surface area contributed by atoms with E-state index in [0.29, 0.717) is 5.57 Å². The highest BCUT2D eigenvalue weighted by Gasteiger charge is 2.22. The van der Waals surface area contributed by atoms with E-state index in [2.05, 4.69) is 29.6 Å². The maximum atomic E-state index is 13.4. The second-order valence-corrected chi connectivity index (χ2v) is 7.75. The van der Waals surface area contributed by atoms with Gasteiger partial charge in [0.05, 0.1) is 17.3 Å². The summed E-state index contributed by atoms with van der Waals surface area (Å²) < 4.78 is 0. The summed E-state index contributed by atoms with van der Waals surface area (Å²) in [7, 11) is 0. The van der Waals surface area contributed by atoms with Crippen molar-refractivity contribution in [3.8, 4) is 0 Å². The number of benzene rings is 4. The van der Waals surface area contributed by atoms with Gasteiger partial charge in [-0.25, -0.2) is 0 Å². The molecule has 0 aliphatic heterocycles. The van der Waals surface area contributed by atoms with Crippen LogP contribution in [0.15, 0.2) is 133 Å². The molecule has 33 heavy (non-hydrogen) atoms. The van der Waals surface area contributed by atoms with Crippen molar-refractivity contribution in [1.82, 2.24) is 5.32 Å². The van der Waals surface area contributed by atoms with Gasteiger partial charge >= 0.3 is 0 Å². The Hall–Kier alpha value is -4.17. The molecule has 4 aromatic carbocycles. The van der Waals surface area contributed by atoms with Crippen molar-refractivity contribution in [3.63, 3.8) is 0 Å². The summed E-state index contributed by atoms with van der Waals surface area (Å²) in [5.74, 6) is -0.0325. The third kappa shape index (κ3) is 5.36. The lowest BCUT2D eigenvalue weighted by molar-refractivity contribution is -0.109. The van der Waals surface area contributed by atoms with Crippen LogP contribution in [0, 0.1) is 0 Å². The van der Waals surface area contributed by atoms with Crippen molar-refractivity contribution in [1.29, 1.82) is 0 Å². The maximum absolute atomic E-state index is 13.4. The molecule has 2 nitrogen and oxygen atoms in total. The highest BCUT2D eigenvalue weighted by molar-refractivity contribution is 6.32. The fraction of sp³-hybridized carbons (Fsp3) is 0.0645. The van der Waals surface area contributed by atoms with Crippen molar-refractivity contribution in [2.75, 3.05) is 0 Å². The number of ketones is 1. The van der Waals surface area contributed by atoms with Gasteiger partial charge in [0.2, 0.25) is 0 Å². The van der Waals surface area contributed by atoms with E-state index in [1.165, 1.54) is 0 Å². The van der Waals surface area contributed by atoms with Crippen molar-refractivity contribution >= 4 is 17.1 Å². The summed E-state index contributed by atoms with van der Waals surface area (Å²) in [5.41, 5.74) is 5.56. The van der Waals surface area contributed by atoms with Crippen LogP contribution in [0.2, 0.25) is 0 Å². The smallest absolute Gasteiger partial charge is 0.188 e. The number of hydrogen-bond acceptors (Lipinski definition) is 2. The Morgan fingerprint density at radius 1 is 0.636 bits per heavy atom. The zero-order valence-electron chi connectivity index (χ0n) is 18.7. The fourth-order valence-corrected chi connectivity index (χ4v) is 3.95.